The molecule has 0 saturated carbocycles. The molecule has 0 aliphatic rings. The molecule has 0 radical (unpaired) electrons. The van der Waals surface area contributed by atoms with Crippen molar-refractivity contribution in [1.29, 1.82) is 0 Å². The van der Waals surface area contributed by atoms with E-state index in [2.05, 4.69) is 5.32 Å². The molecule has 1 heterocycles. The van der Waals surface area contributed by atoms with Crippen molar-refractivity contribution in [3.8, 4) is 11.3 Å². The molecule has 2 rings (SSSR count). The van der Waals surface area contributed by atoms with Crippen molar-refractivity contribution in [3.05, 3.63) is 36.6 Å². The molecule has 1 atom stereocenters. The van der Waals surface area contributed by atoms with Crippen molar-refractivity contribution in [1.82, 2.24) is 0 Å². The Balaban J connectivity index is 2.05. The van der Waals surface area contributed by atoms with E-state index in [0.717, 1.165) is 17.0 Å². The third-order valence-corrected chi connectivity index (χ3v) is 2.86. The summed E-state index contributed by atoms with van der Waals surface area (Å²) in [6.07, 6.45) is 1.40. The predicted molar refractivity (Wildman–Crippen MR) is 74.8 cm³/mol. The van der Waals surface area contributed by atoms with E-state index in [1.165, 1.54) is 0 Å². The molecule has 0 bridgehead atoms. The van der Waals surface area contributed by atoms with Crippen LogP contribution in [-0.4, -0.2) is 29.5 Å². The van der Waals surface area contributed by atoms with Gasteiger partial charge in [-0.15, -0.1) is 0 Å². The molecule has 5 heteroatoms. The maximum absolute atomic E-state index is 9.26. The molecule has 19 heavy (non-hydrogen) atoms. The quantitative estimate of drug-likeness (QED) is 0.595. The second kappa shape index (κ2) is 6.26. The summed E-state index contributed by atoms with van der Waals surface area (Å²) in [6.45, 7) is 0.351. The monoisotopic (exact) mass is 262 g/mol. The normalized spacial score (nSPS) is 12.3. The minimum absolute atomic E-state index is 0.221. The molecule has 0 aliphatic heterocycles. The van der Waals surface area contributed by atoms with E-state index in [9.17, 15) is 5.11 Å². The van der Waals surface area contributed by atoms with Gasteiger partial charge in [-0.1, -0.05) is 0 Å². The SMILES string of the molecule is Nc1ccc(NCCC(O)CO)cc1-c1ccco1. The van der Waals surface area contributed by atoms with Crippen LogP contribution in [0.1, 0.15) is 6.42 Å². The highest BCUT2D eigenvalue weighted by Gasteiger charge is 2.07. The van der Waals surface area contributed by atoms with Crippen molar-refractivity contribution in [2.75, 3.05) is 24.2 Å². The Morgan fingerprint density at radius 3 is 2.84 bits per heavy atom. The third-order valence-electron chi connectivity index (χ3n) is 2.86. The lowest BCUT2D eigenvalue weighted by Gasteiger charge is -2.11. The number of hydrogen-bond acceptors (Lipinski definition) is 5. The Kier molecular flexibility index (Phi) is 4.43. The number of nitrogens with one attached hydrogen (secondary N) is 1. The zero-order valence-corrected chi connectivity index (χ0v) is 10.5. The van der Waals surface area contributed by atoms with Crippen molar-refractivity contribution < 1.29 is 14.6 Å². The first-order chi connectivity index (χ1) is 9.20. The number of aliphatic hydroxyl groups is 2. The first-order valence-corrected chi connectivity index (χ1v) is 6.17. The minimum Gasteiger partial charge on any atom is -0.464 e. The second-order valence-electron chi connectivity index (χ2n) is 4.33. The van der Waals surface area contributed by atoms with Gasteiger partial charge in [0.2, 0.25) is 0 Å². The van der Waals surface area contributed by atoms with Crippen LogP contribution in [0.4, 0.5) is 11.4 Å². The molecule has 2 aromatic rings. The molecule has 1 aromatic heterocycles. The largest absolute Gasteiger partial charge is 0.464 e. The lowest BCUT2D eigenvalue weighted by molar-refractivity contribution is 0.0911. The van der Waals surface area contributed by atoms with E-state index in [1.807, 2.05) is 30.3 Å². The molecule has 1 unspecified atom stereocenters. The summed E-state index contributed by atoms with van der Waals surface area (Å²) in [6, 6.07) is 9.24. The first-order valence-electron chi connectivity index (χ1n) is 6.17. The van der Waals surface area contributed by atoms with E-state index in [-0.39, 0.29) is 6.61 Å². The number of hydrogen-bond donors (Lipinski definition) is 4. The fraction of sp³-hybridized carbons (Fsp3) is 0.286. The van der Waals surface area contributed by atoms with Gasteiger partial charge >= 0.3 is 0 Å². The number of nitrogens with two attached hydrogens (primary N) is 1. The summed E-state index contributed by atoms with van der Waals surface area (Å²) in [5, 5.41) is 21.2. The molecule has 1 aromatic carbocycles. The minimum atomic E-state index is -0.689. The van der Waals surface area contributed by atoms with Crippen molar-refractivity contribution in [2.45, 2.75) is 12.5 Å². The molecule has 0 fully saturated rings. The zero-order valence-electron chi connectivity index (χ0n) is 10.5. The molecule has 5 N–H and O–H groups in total. The van der Waals surface area contributed by atoms with E-state index in [4.69, 9.17) is 15.3 Å². The highest BCUT2D eigenvalue weighted by molar-refractivity contribution is 5.76. The molecule has 0 spiro atoms. The van der Waals surface area contributed by atoms with Crippen LogP contribution in [0.3, 0.4) is 0 Å². The van der Waals surface area contributed by atoms with E-state index >= 15 is 0 Å². The summed E-state index contributed by atoms with van der Waals surface area (Å²) in [5.41, 5.74) is 8.29. The van der Waals surface area contributed by atoms with Gasteiger partial charge in [0.25, 0.3) is 0 Å². The highest BCUT2D eigenvalue weighted by atomic mass is 16.3. The van der Waals surface area contributed by atoms with Gasteiger partial charge in [-0.25, -0.2) is 0 Å². The molecular formula is C14H18N2O3. The number of furan rings is 1. The van der Waals surface area contributed by atoms with Crippen LogP contribution >= 0.6 is 0 Å². The average Bonchev–Trinajstić information content (AvgIpc) is 2.94. The van der Waals surface area contributed by atoms with Crippen LogP contribution in [0.2, 0.25) is 0 Å². The second-order valence-corrected chi connectivity index (χ2v) is 4.33. The van der Waals surface area contributed by atoms with Crippen molar-refractivity contribution in [3.63, 3.8) is 0 Å². The van der Waals surface area contributed by atoms with Gasteiger partial charge in [-0.05, 0) is 36.8 Å². The lowest BCUT2D eigenvalue weighted by Crippen LogP contribution is -2.16. The molecule has 0 saturated heterocycles. The van der Waals surface area contributed by atoms with Crippen molar-refractivity contribution >= 4 is 11.4 Å². The van der Waals surface area contributed by atoms with Crippen LogP contribution < -0.4 is 11.1 Å². The third kappa shape index (κ3) is 3.49. The fourth-order valence-electron chi connectivity index (χ4n) is 1.79. The Morgan fingerprint density at radius 1 is 1.32 bits per heavy atom. The average molecular weight is 262 g/mol. The number of aliphatic hydroxyl groups excluding tert-OH is 2. The van der Waals surface area contributed by atoms with Crippen LogP contribution in [0, 0.1) is 0 Å². The maximum atomic E-state index is 9.26. The Labute approximate surface area is 111 Å². The molecule has 0 aliphatic carbocycles. The van der Waals surface area contributed by atoms with E-state index in [0.29, 0.717) is 18.7 Å². The van der Waals surface area contributed by atoms with Crippen molar-refractivity contribution in [2.24, 2.45) is 0 Å². The van der Waals surface area contributed by atoms with Gasteiger partial charge in [0, 0.05) is 23.5 Å². The number of benzene rings is 1. The summed E-state index contributed by atoms with van der Waals surface area (Å²) >= 11 is 0. The molecular weight excluding hydrogens is 244 g/mol. The van der Waals surface area contributed by atoms with Crippen LogP contribution in [0.5, 0.6) is 0 Å². The zero-order chi connectivity index (χ0) is 13.7. The summed E-state index contributed by atoms with van der Waals surface area (Å²) in [4.78, 5) is 0. The van der Waals surface area contributed by atoms with Crippen LogP contribution in [-0.2, 0) is 0 Å². The van der Waals surface area contributed by atoms with Gasteiger partial charge < -0.3 is 25.7 Å². The van der Waals surface area contributed by atoms with E-state index < -0.39 is 6.10 Å². The van der Waals surface area contributed by atoms with Gasteiger partial charge in [0.15, 0.2) is 0 Å². The highest BCUT2D eigenvalue weighted by Crippen LogP contribution is 2.29. The standard InChI is InChI=1S/C14H18N2O3/c15-13-4-3-10(16-6-5-11(18)9-17)8-12(13)14-2-1-7-19-14/h1-4,7-8,11,16-18H,5-6,9,15H2. The molecule has 102 valence electrons. The van der Waals surface area contributed by atoms with Gasteiger partial charge in [-0.3, -0.25) is 0 Å². The maximum Gasteiger partial charge on any atom is 0.135 e. The van der Waals surface area contributed by atoms with Gasteiger partial charge in [-0.2, -0.15) is 0 Å². The van der Waals surface area contributed by atoms with E-state index in [1.54, 1.807) is 6.26 Å². The predicted octanol–water partition coefficient (Wildman–Crippen LogP) is 1.68. The van der Waals surface area contributed by atoms with Gasteiger partial charge in [0.05, 0.1) is 19.0 Å². The summed E-state index contributed by atoms with van der Waals surface area (Å²) < 4.78 is 5.33. The molecule has 0 amide bonds. The fourth-order valence-corrected chi connectivity index (χ4v) is 1.79. The lowest BCUT2D eigenvalue weighted by atomic mass is 10.1. The number of anilines is 2. The topological polar surface area (TPSA) is 91.7 Å². The Bertz CT molecular complexity index is 511. The van der Waals surface area contributed by atoms with Crippen LogP contribution in [0.15, 0.2) is 41.0 Å². The Morgan fingerprint density at radius 2 is 2.16 bits per heavy atom. The number of nitrogen functional groups attached to an aromatic ring is 1. The van der Waals surface area contributed by atoms with Crippen LogP contribution in [0.25, 0.3) is 11.3 Å². The number of rotatable bonds is 6. The Hall–Kier alpha value is -1.98. The first kappa shape index (κ1) is 13.5. The molecule has 5 nitrogen and oxygen atoms in total. The summed E-state index contributed by atoms with van der Waals surface area (Å²) in [5.74, 6) is 0.719. The van der Waals surface area contributed by atoms with Gasteiger partial charge in [0.1, 0.15) is 5.76 Å². The smallest absolute Gasteiger partial charge is 0.135 e. The summed E-state index contributed by atoms with van der Waals surface area (Å²) in [7, 11) is 0.